The molecule has 4 heteroatoms. The standard InChI is InChI=1S/C12H22O4/c1-8(14)12(2)9(10(12)7-13)5-6-11(15-3)16-4/h9-11,13H,5-7H2,1-4H3/t9-,10-,12-/m0/s1. The second-order valence-electron chi connectivity index (χ2n) is 4.71. The zero-order chi connectivity index (χ0) is 12.3. The SMILES string of the molecule is COC(CC[C@H]1[C@H](CO)[C@@]1(C)C(C)=O)OC. The molecular weight excluding hydrogens is 208 g/mol. The molecule has 0 radical (unpaired) electrons. The minimum atomic E-state index is -0.333. The molecule has 16 heavy (non-hydrogen) atoms. The third-order valence-corrected chi connectivity index (χ3v) is 4.11. The minimum Gasteiger partial charge on any atom is -0.396 e. The summed E-state index contributed by atoms with van der Waals surface area (Å²) in [5.41, 5.74) is -0.333. The second-order valence-corrected chi connectivity index (χ2v) is 4.71. The summed E-state index contributed by atoms with van der Waals surface area (Å²) in [4.78, 5) is 11.5. The normalized spacial score (nSPS) is 33.1. The van der Waals surface area contributed by atoms with E-state index in [1.54, 1.807) is 21.1 Å². The number of methoxy groups -OCH3 is 2. The third-order valence-electron chi connectivity index (χ3n) is 4.11. The van der Waals surface area contributed by atoms with Crippen molar-refractivity contribution >= 4 is 5.78 Å². The summed E-state index contributed by atoms with van der Waals surface area (Å²) in [5, 5.41) is 9.23. The van der Waals surface area contributed by atoms with Gasteiger partial charge in [-0.3, -0.25) is 4.79 Å². The van der Waals surface area contributed by atoms with Gasteiger partial charge in [-0.25, -0.2) is 0 Å². The van der Waals surface area contributed by atoms with Crippen LogP contribution in [0, 0.1) is 17.3 Å². The maximum absolute atomic E-state index is 11.5. The fourth-order valence-corrected chi connectivity index (χ4v) is 2.69. The van der Waals surface area contributed by atoms with Gasteiger partial charge in [0.2, 0.25) is 0 Å². The van der Waals surface area contributed by atoms with Gasteiger partial charge in [0.1, 0.15) is 5.78 Å². The van der Waals surface area contributed by atoms with Crippen LogP contribution in [-0.4, -0.2) is 38.0 Å². The van der Waals surface area contributed by atoms with Gasteiger partial charge >= 0.3 is 0 Å². The highest BCUT2D eigenvalue weighted by Gasteiger charge is 2.63. The first kappa shape index (κ1) is 13.6. The molecule has 0 saturated heterocycles. The number of rotatable bonds is 7. The molecule has 0 aromatic carbocycles. The fraction of sp³-hybridized carbons (Fsp3) is 0.917. The fourth-order valence-electron chi connectivity index (χ4n) is 2.69. The van der Waals surface area contributed by atoms with Crippen LogP contribution in [0.1, 0.15) is 26.7 Å². The summed E-state index contributed by atoms with van der Waals surface area (Å²) in [5.74, 6) is 0.546. The Bertz CT molecular complexity index is 249. The summed E-state index contributed by atoms with van der Waals surface area (Å²) in [6.07, 6.45) is 1.40. The zero-order valence-electron chi connectivity index (χ0n) is 10.5. The van der Waals surface area contributed by atoms with Crippen LogP contribution in [0.2, 0.25) is 0 Å². The number of ether oxygens (including phenoxy) is 2. The number of hydrogen-bond acceptors (Lipinski definition) is 4. The Kier molecular flexibility index (Phi) is 4.47. The van der Waals surface area contributed by atoms with E-state index in [9.17, 15) is 9.90 Å². The molecule has 0 heterocycles. The Morgan fingerprint density at radius 1 is 1.38 bits per heavy atom. The number of aliphatic hydroxyl groups excluding tert-OH is 1. The summed E-state index contributed by atoms with van der Waals surface area (Å²) in [6, 6.07) is 0. The average molecular weight is 230 g/mol. The minimum absolute atomic E-state index is 0.0887. The predicted molar refractivity (Wildman–Crippen MR) is 59.9 cm³/mol. The van der Waals surface area contributed by atoms with E-state index in [0.29, 0.717) is 0 Å². The Morgan fingerprint density at radius 3 is 2.25 bits per heavy atom. The first-order chi connectivity index (χ1) is 7.52. The Morgan fingerprint density at radius 2 is 1.94 bits per heavy atom. The molecule has 94 valence electrons. The molecule has 1 rings (SSSR count). The highest BCUT2D eigenvalue weighted by atomic mass is 16.7. The van der Waals surface area contributed by atoms with Crippen molar-refractivity contribution in [3.8, 4) is 0 Å². The van der Waals surface area contributed by atoms with Gasteiger partial charge in [-0.15, -0.1) is 0 Å². The van der Waals surface area contributed by atoms with E-state index in [4.69, 9.17) is 9.47 Å². The van der Waals surface area contributed by atoms with Crippen molar-refractivity contribution in [2.75, 3.05) is 20.8 Å². The lowest BCUT2D eigenvalue weighted by Gasteiger charge is -2.13. The Balaban J connectivity index is 2.47. The van der Waals surface area contributed by atoms with Crippen LogP contribution in [-0.2, 0) is 14.3 Å². The molecule has 0 aliphatic heterocycles. The largest absolute Gasteiger partial charge is 0.396 e. The Hall–Kier alpha value is -0.450. The van der Waals surface area contributed by atoms with Crippen LogP contribution in [0.15, 0.2) is 0 Å². The van der Waals surface area contributed by atoms with Crippen molar-refractivity contribution < 1.29 is 19.4 Å². The lowest BCUT2D eigenvalue weighted by molar-refractivity contribution is -0.123. The maximum atomic E-state index is 11.5. The number of aliphatic hydroxyl groups is 1. The molecule has 1 aliphatic rings. The number of hydrogen-bond donors (Lipinski definition) is 1. The van der Waals surface area contributed by atoms with Crippen molar-refractivity contribution in [2.24, 2.45) is 17.3 Å². The molecule has 0 aromatic heterocycles. The molecule has 0 aromatic rings. The first-order valence-electron chi connectivity index (χ1n) is 5.69. The quantitative estimate of drug-likeness (QED) is 0.668. The molecule has 1 aliphatic carbocycles. The van der Waals surface area contributed by atoms with Gasteiger partial charge in [-0.1, -0.05) is 6.92 Å². The molecule has 4 nitrogen and oxygen atoms in total. The van der Waals surface area contributed by atoms with E-state index in [0.717, 1.165) is 12.8 Å². The number of Topliss-reactive ketones (excluding diaryl/α,β-unsaturated/α-hetero) is 1. The molecular formula is C12H22O4. The van der Waals surface area contributed by atoms with E-state index < -0.39 is 0 Å². The Labute approximate surface area is 96.9 Å². The first-order valence-corrected chi connectivity index (χ1v) is 5.69. The van der Waals surface area contributed by atoms with Crippen molar-refractivity contribution in [1.82, 2.24) is 0 Å². The molecule has 1 fully saturated rings. The average Bonchev–Trinajstić information content (AvgIpc) is 2.86. The number of ketones is 1. The second kappa shape index (κ2) is 5.25. The van der Waals surface area contributed by atoms with Crippen LogP contribution in [0.5, 0.6) is 0 Å². The molecule has 0 spiro atoms. The molecule has 1 N–H and O–H groups in total. The van der Waals surface area contributed by atoms with E-state index >= 15 is 0 Å². The third kappa shape index (κ3) is 2.29. The lowest BCUT2D eigenvalue weighted by atomic mass is 9.98. The van der Waals surface area contributed by atoms with Crippen LogP contribution < -0.4 is 0 Å². The van der Waals surface area contributed by atoms with Crippen LogP contribution in [0.3, 0.4) is 0 Å². The zero-order valence-corrected chi connectivity index (χ0v) is 10.5. The highest BCUT2D eigenvalue weighted by molar-refractivity contribution is 5.86. The molecule has 1 saturated carbocycles. The van der Waals surface area contributed by atoms with E-state index in [1.807, 2.05) is 6.92 Å². The van der Waals surface area contributed by atoms with Crippen molar-refractivity contribution in [1.29, 1.82) is 0 Å². The summed E-state index contributed by atoms with van der Waals surface area (Å²) < 4.78 is 10.2. The molecule has 0 amide bonds. The molecule has 3 atom stereocenters. The monoisotopic (exact) mass is 230 g/mol. The van der Waals surface area contributed by atoms with E-state index in [-0.39, 0.29) is 35.9 Å². The van der Waals surface area contributed by atoms with Gasteiger partial charge in [-0.2, -0.15) is 0 Å². The van der Waals surface area contributed by atoms with Crippen molar-refractivity contribution in [2.45, 2.75) is 33.0 Å². The van der Waals surface area contributed by atoms with Crippen molar-refractivity contribution in [3.05, 3.63) is 0 Å². The van der Waals surface area contributed by atoms with Gasteiger partial charge in [0.15, 0.2) is 6.29 Å². The van der Waals surface area contributed by atoms with Crippen LogP contribution >= 0.6 is 0 Å². The number of carbonyl (C=O) groups excluding carboxylic acids is 1. The van der Waals surface area contributed by atoms with Crippen LogP contribution in [0.4, 0.5) is 0 Å². The topological polar surface area (TPSA) is 55.8 Å². The van der Waals surface area contributed by atoms with E-state index in [2.05, 4.69) is 0 Å². The highest BCUT2D eigenvalue weighted by Crippen LogP contribution is 2.61. The smallest absolute Gasteiger partial charge is 0.156 e. The molecule has 0 bridgehead atoms. The van der Waals surface area contributed by atoms with Gasteiger partial charge in [0.05, 0.1) is 0 Å². The summed E-state index contributed by atoms with van der Waals surface area (Å²) in [6.45, 7) is 3.63. The molecule has 0 unspecified atom stereocenters. The lowest BCUT2D eigenvalue weighted by Crippen LogP contribution is -2.15. The maximum Gasteiger partial charge on any atom is 0.156 e. The number of carbonyl (C=O) groups is 1. The van der Waals surface area contributed by atoms with Gasteiger partial charge in [0.25, 0.3) is 0 Å². The van der Waals surface area contributed by atoms with Gasteiger partial charge < -0.3 is 14.6 Å². The van der Waals surface area contributed by atoms with Crippen molar-refractivity contribution in [3.63, 3.8) is 0 Å². The van der Waals surface area contributed by atoms with Gasteiger partial charge in [0, 0.05) is 26.2 Å². The van der Waals surface area contributed by atoms with E-state index in [1.165, 1.54) is 0 Å². The van der Waals surface area contributed by atoms with Gasteiger partial charge in [-0.05, 0) is 31.6 Å². The van der Waals surface area contributed by atoms with Crippen LogP contribution in [0.25, 0.3) is 0 Å². The predicted octanol–water partition coefficient (Wildman–Crippen LogP) is 1.22. The summed E-state index contributed by atoms with van der Waals surface area (Å²) in [7, 11) is 3.21. The summed E-state index contributed by atoms with van der Waals surface area (Å²) >= 11 is 0.